The monoisotopic (exact) mass is 359 g/mol. The lowest BCUT2D eigenvalue weighted by molar-refractivity contribution is -0.119. The lowest BCUT2D eigenvalue weighted by Crippen LogP contribution is -2.37. The Balaban J connectivity index is 1.66. The maximum atomic E-state index is 12.2. The van der Waals surface area contributed by atoms with E-state index in [1.165, 1.54) is 31.0 Å². The summed E-state index contributed by atoms with van der Waals surface area (Å²) in [4.78, 5) is 16.6. The Kier molecular flexibility index (Phi) is 6.02. The van der Waals surface area contributed by atoms with Crippen LogP contribution in [0.25, 0.3) is 5.69 Å². The number of aryl methyl sites for hydroxylation is 1. The first-order valence-electron chi connectivity index (χ1n) is 8.78. The van der Waals surface area contributed by atoms with Crippen LogP contribution in [-0.2, 0) is 4.79 Å². The van der Waals surface area contributed by atoms with Crippen LogP contribution < -0.4 is 10.1 Å². The van der Waals surface area contributed by atoms with Crippen molar-refractivity contribution in [3.8, 4) is 11.4 Å². The smallest absolute Gasteiger partial charge is 0.230 e. The van der Waals surface area contributed by atoms with Gasteiger partial charge in [0.2, 0.25) is 5.91 Å². The molecule has 0 unspecified atom stereocenters. The summed E-state index contributed by atoms with van der Waals surface area (Å²) in [6.07, 6.45) is 9.58. The molecule has 6 heteroatoms. The number of carbonyl (C=O) groups excluding carboxylic acids is 1. The van der Waals surface area contributed by atoms with Crippen LogP contribution in [0, 0.1) is 6.92 Å². The molecule has 1 aliphatic carbocycles. The lowest BCUT2D eigenvalue weighted by Gasteiger charge is -2.22. The van der Waals surface area contributed by atoms with E-state index in [0.29, 0.717) is 11.8 Å². The molecule has 1 heterocycles. The Morgan fingerprint density at radius 1 is 1.36 bits per heavy atom. The zero-order chi connectivity index (χ0) is 17.6. The molecule has 0 atom stereocenters. The highest BCUT2D eigenvalue weighted by Crippen LogP contribution is 2.28. The third-order valence-corrected chi connectivity index (χ3v) is 5.47. The molecule has 1 amide bonds. The topological polar surface area (TPSA) is 56.2 Å². The van der Waals surface area contributed by atoms with Crippen LogP contribution in [-0.4, -0.2) is 34.4 Å². The molecular formula is C19H25N3O2S. The van der Waals surface area contributed by atoms with Gasteiger partial charge in [0.1, 0.15) is 5.75 Å². The largest absolute Gasteiger partial charge is 0.495 e. The molecule has 5 nitrogen and oxygen atoms in total. The SMILES string of the molecule is COc1ccc(C)cc1-n1ccnc1SCC(=O)NC1CCCCC1. The predicted molar refractivity (Wildman–Crippen MR) is 101 cm³/mol. The zero-order valence-electron chi connectivity index (χ0n) is 14.8. The Morgan fingerprint density at radius 3 is 2.92 bits per heavy atom. The number of methoxy groups -OCH3 is 1. The summed E-state index contributed by atoms with van der Waals surface area (Å²) in [6, 6.07) is 6.38. The molecule has 1 aromatic heterocycles. The average molecular weight is 359 g/mol. The first-order valence-corrected chi connectivity index (χ1v) is 9.76. The molecule has 0 aliphatic heterocycles. The fraction of sp³-hybridized carbons (Fsp3) is 0.474. The molecule has 0 radical (unpaired) electrons. The molecule has 0 saturated heterocycles. The molecule has 0 spiro atoms. The van der Waals surface area contributed by atoms with Crippen molar-refractivity contribution in [3.05, 3.63) is 36.2 Å². The summed E-state index contributed by atoms with van der Waals surface area (Å²) in [5, 5.41) is 3.94. The second kappa shape index (κ2) is 8.43. The molecule has 0 bridgehead atoms. The molecule has 25 heavy (non-hydrogen) atoms. The normalized spacial score (nSPS) is 15.1. The van der Waals surface area contributed by atoms with Gasteiger partial charge in [0.05, 0.1) is 18.6 Å². The Bertz CT molecular complexity index is 723. The van der Waals surface area contributed by atoms with Gasteiger partial charge < -0.3 is 10.1 Å². The van der Waals surface area contributed by atoms with Crippen LogP contribution in [0.3, 0.4) is 0 Å². The van der Waals surface area contributed by atoms with E-state index in [-0.39, 0.29) is 5.91 Å². The second-order valence-corrected chi connectivity index (χ2v) is 7.39. The van der Waals surface area contributed by atoms with E-state index >= 15 is 0 Å². The molecular weight excluding hydrogens is 334 g/mol. The van der Waals surface area contributed by atoms with Crippen molar-refractivity contribution in [1.82, 2.24) is 14.9 Å². The van der Waals surface area contributed by atoms with Crippen LogP contribution in [0.15, 0.2) is 35.7 Å². The van der Waals surface area contributed by atoms with Gasteiger partial charge in [-0.25, -0.2) is 4.98 Å². The summed E-state index contributed by atoms with van der Waals surface area (Å²) >= 11 is 1.45. The van der Waals surface area contributed by atoms with Gasteiger partial charge in [0, 0.05) is 18.4 Å². The van der Waals surface area contributed by atoms with E-state index in [9.17, 15) is 4.79 Å². The number of benzene rings is 1. The van der Waals surface area contributed by atoms with Gasteiger partial charge >= 0.3 is 0 Å². The summed E-state index contributed by atoms with van der Waals surface area (Å²) in [5.41, 5.74) is 2.09. The van der Waals surface area contributed by atoms with Gasteiger partial charge in [0.15, 0.2) is 5.16 Å². The first kappa shape index (κ1) is 17.9. The van der Waals surface area contributed by atoms with Crippen molar-refractivity contribution in [2.75, 3.05) is 12.9 Å². The zero-order valence-corrected chi connectivity index (χ0v) is 15.6. The molecule has 1 fully saturated rings. The van der Waals surface area contributed by atoms with E-state index < -0.39 is 0 Å². The molecule has 3 rings (SSSR count). The van der Waals surface area contributed by atoms with E-state index in [0.717, 1.165) is 35.0 Å². The lowest BCUT2D eigenvalue weighted by atomic mass is 9.95. The van der Waals surface area contributed by atoms with Crippen molar-refractivity contribution in [2.45, 2.75) is 50.2 Å². The fourth-order valence-electron chi connectivity index (χ4n) is 3.21. The maximum Gasteiger partial charge on any atom is 0.230 e. The summed E-state index contributed by atoms with van der Waals surface area (Å²) in [7, 11) is 1.66. The number of thioether (sulfide) groups is 1. The van der Waals surface area contributed by atoms with Crippen molar-refractivity contribution in [2.24, 2.45) is 0 Å². The molecule has 1 N–H and O–H groups in total. The maximum absolute atomic E-state index is 12.2. The summed E-state index contributed by atoms with van der Waals surface area (Å²) in [6.45, 7) is 2.05. The highest BCUT2D eigenvalue weighted by molar-refractivity contribution is 7.99. The number of nitrogens with one attached hydrogen (secondary N) is 1. The second-order valence-electron chi connectivity index (χ2n) is 6.45. The number of amides is 1. The summed E-state index contributed by atoms with van der Waals surface area (Å²) < 4.78 is 7.44. The number of nitrogens with zero attached hydrogens (tertiary/aromatic N) is 2. The van der Waals surface area contributed by atoms with Crippen LogP contribution in [0.2, 0.25) is 0 Å². The number of hydrogen-bond acceptors (Lipinski definition) is 4. The minimum Gasteiger partial charge on any atom is -0.495 e. The molecule has 134 valence electrons. The molecule has 1 saturated carbocycles. The van der Waals surface area contributed by atoms with Gasteiger partial charge in [0.25, 0.3) is 0 Å². The molecule has 1 aromatic carbocycles. The highest BCUT2D eigenvalue weighted by atomic mass is 32.2. The van der Waals surface area contributed by atoms with Crippen molar-refractivity contribution in [3.63, 3.8) is 0 Å². The number of hydrogen-bond donors (Lipinski definition) is 1. The van der Waals surface area contributed by atoms with Crippen LogP contribution in [0.1, 0.15) is 37.7 Å². The van der Waals surface area contributed by atoms with Crippen LogP contribution in [0.5, 0.6) is 5.75 Å². The van der Waals surface area contributed by atoms with Gasteiger partial charge in [-0.15, -0.1) is 0 Å². The summed E-state index contributed by atoms with van der Waals surface area (Å²) in [5.74, 6) is 1.25. The Morgan fingerprint density at radius 2 is 2.16 bits per heavy atom. The molecule has 1 aliphatic rings. The van der Waals surface area contributed by atoms with Crippen molar-refractivity contribution >= 4 is 17.7 Å². The van der Waals surface area contributed by atoms with Crippen molar-refractivity contribution < 1.29 is 9.53 Å². The third-order valence-electron chi connectivity index (χ3n) is 4.50. The standard InChI is InChI=1S/C19H25N3O2S/c1-14-8-9-17(24-2)16(12-14)22-11-10-20-19(22)25-13-18(23)21-15-6-4-3-5-7-15/h8-12,15H,3-7,13H2,1-2H3,(H,21,23). The highest BCUT2D eigenvalue weighted by Gasteiger charge is 2.17. The Labute approximate surface area is 153 Å². The quantitative estimate of drug-likeness (QED) is 0.799. The van der Waals surface area contributed by atoms with Gasteiger partial charge in [-0.1, -0.05) is 37.1 Å². The minimum atomic E-state index is 0.0858. The number of aromatic nitrogens is 2. The number of rotatable bonds is 6. The van der Waals surface area contributed by atoms with E-state index in [1.807, 2.05) is 29.8 Å². The van der Waals surface area contributed by atoms with Crippen LogP contribution in [0.4, 0.5) is 0 Å². The third kappa shape index (κ3) is 4.57. The average Bonchev–Trinajstić information content (AvgIpc) is 3.09. The fourth-order valence-corrected chi connectivity index (χ4v) is 3.99. The van der Waals surface area contributed by atoms with E-state index in [2.05, 4.69) is 16.4 Å². The van der Waals surface area contributed by atoms with E-state index in [1.54, 1.807) is 13.3 Å². The number of ether oxygens (including phenoxy) is 1. The Hall–Kier alpha value is -1.95. The minimum absolute atomic E-state index is 0.0858. The molecule has 2 aromatic rings. The van der Waals surface area contributed by atoms with E-state index in [4.69, 9.17) is 4.74 Å². The van der Waals surface area contributed by atoms with Gasteiger partial charge in [-0.05, 0) is 37.5 Å². The van der Waals surface area contributed by atoms with Crippen LogP contribution >= 0.6 is 11.8 Å². The first-order chi connectivity index (χ1) is 12.2. The van der Waals surface area contributed by atoms with Gasteiger partial charge in [-0.2, -0.15) is 0 Å². The van der Waals surface area contributed by atoms with Crippen molar-refractivity contribution in [1.29, 1.82) is 0 Å². The van der Waals surface area contributed by atoms with Gasteiger partial charge in [-0.3, -0.25) is 9.36 Å². The predicted octanol–water partition coefficient (Wildman–Crippen LogP) is 3.73. The number of imidazole rings is 1. The number of carbonyl (C=O) groups is 1.